The van der Waals surface area contributed by atoms with Crippen molar-refractivity contribution in [1.82, 2.24) is 15.0 Å². The largest absolute Gasteiger partial charge is 0.357 e. The van der Waals surface area contributed by atoms with E-state index in [1.54, 1.807) is 0 Å². The van der Waals surface area contributed by atoms with E-state index in [0.717, 1.165) is 19.5 Å². The second-order valence-electron chi connectivity index (χ2n) is 5.07. The van der Waals surface area contributed by atoms with Gasteiger partial charge in [0.15, 0.2) is 0 Å². The van der Waals surface area contributed by atoms with E-state index >= 15 is 0 Å². The summed E-state index contributed by atoms with van der Waals surface area (Å²) in [6.07, 6.45) is 0.994. The fourth-order valence-electron chi connectivity index (χ4n) is 1.57. The molecule has 1 aromatic rings. The molecule has 0 atom stereocenters. The van der Waals surface area contributed by atoms with Crippen LogP contribution >= 0.6 is 0 Å². The fourth-order valence-corrected chi connectivity index (χ4v) is 1.57. The molecule has 19 heavy (non-hydrogen) atoms. The first-order chi connectivity index (χ1) is 8.95. The smallest absolute Gasteiger partial charge is 0.231 e. The molecule has 0 fully saturated rings. The molecule has 1 heterocycles. The highest BCUT2D eigenvalue weighted by atomic mass is 15.3. The van der Waals surface area contributed by atoms with E-state index in [2.05, 4.69) is 65.1 Å². The Labute approximate surface area is 116 Å². The summed E-state index contributed by atoms with van der Waals surface area (Å²) in [5.41, 5.74) is -0.0348. The van der Waals surface area contributed by atoms with Gasteiger partial charge in [0.1, 0.15) is 0 Å². The average molecular weight is 266 g/mol. The second-order valence-corrected chi connectivity index (χ2v) is 5.07. The van der Waals surface area contributed by atoms with E-state index in [4.69, 9.17) is 0 Å². The zero-order valence-corrected chi connectivity index (χ0v) is 12.9. The van der Waals surface area contributed by atoms with Crippen LogP contribution in [0.15, 0.2) is 0 Å². The molecule has 0 aliphatic rings. The molecule has 6 nitrogen and oxygen atoms in total. The Bertz CT molecular complexity index is 400. The van der Waals surface area contributed by atoms with Crippen molar-refractivity contribution in [2.75, 3.05) is 35.7 Å². The molecule has 0 aliphatic heterocycles. The Morgan fingerprint density at radius 2 is 1.58 bits per heavy atom. The maximum absolute atomic E-state index is 4.51. The lowest BCUT2D eigenvalue weighted by molar-refractivity contribution is 0.541. The Morgan fingerprint density at radius 3 is 2.05 bits per heavy atom. The fraction of sp³-hybridized carbons (Fsp3) is 0.769. The molecule has 6 heteroatoms. The summed E-state index contributed by atoms with van der Waals surface area (Å²) in [5.74, 6) is 1.91. The van der Waals surface area contributed by atoms with Crippen molar-refractivity contribution in [2.45, 2.75) is 46.6 Å². The number of nitrogens with zero attached hydrogens (tertiary/aromatic N) is 4. The molecule has 1 aromatic heterocycles. The highest BCUT2D eigenvalue weighted by Crippen LogP contribution is 2.18. The van der Waals surface area contributed by atoms with Crippen molar-refractivity contribution in [3.63, 3.8) is 0 Å². The van der Waals surface area contributed by atoms with E-state index in [-0.39, 0.29) is 5.54 Å². The number of nitrogens with one attached hydrogen (secondary N) is 2. The zero-order chi connectivity index (χ0) is 14.5. The van der Waals surface area contributed by atoms with Gasteiger partial charge >= 0.3 is 0 Å². The molecule has 2 N–H and O–H groups in total. The number of aromatic nitrogens is 3. The van der Waals surface area contributed by atoms with E-state index in [1.165, 1.54) is 0 Å². The molecular formula is C13H26N6. The zero-order valence-electron chi connectivity index (χ0n) is 12.9. The topological polar surface area (TPSA) is 66.0 Å². The lowest BCUT2D eigenvalue weighted by Gasteiger charge is -2.26. The van der Waals surface area contributed by atoms with Crippen molar-refractivity contribution in [3.8, 4) is 0 Å². The summed E-state index contributed by atoms with van der Waals surface area (Å²) in [6.45, 7) is 12.3. The molecule has 1 rings (SSSR count). The summed E-state index contributed by atoms with van der Waals surface area (Å²) in [6, 6.07) is 0. The summed E-state index contributed by atoms with van der Waals surface area (Å²) in [7, 11) is 1.82. The summed E-state index contributed by atoms with van der Waals surface area (Å²) in [4.78, 5) is 15.4. The molecule has 0 unspecified atom stereocenters. The van der Waals surface area contributed by atoms with E-state index < -0.39 is 0 Å². The van der Waals surface area contributed by atoms with Crippen LogP contribution in [-0.4, -0.2) is 40.6 Å². The van der Waals surface area contributed by atoms with E-state index in [1.807, 2.05) is 7.05 Å². The van der Waals surface area contributed by atoms with Gasteiger partial charge in [-0.25, -0.2) is 0 Å². The van der Waals surface area contributed by atoms with Crippen molar-refractivity contribution < 1.29 is 0 Å². The third kappa shape index (κ3) is 4.22. The van der Waals surface area contributed by atoms with Crippen LogP contribution in [0, 0.1) is 0 Å². The summed E-state index contributed by atoms with van der Waals surface area (Å²) in [5, 5.41) is 6.34. The lowest BCUT2D eigenvalue weighted by Crippen LogP contribution is -2.32. The van der Waals surface area contributed by atoms with Crippen LogP contribution in [0.2, 0.25) is 0 Å². The van der Waals surface area contributed by atoms with E-state index in [0.29, 0.717) is 17.8 Å². The molecule has 0 aromatic carbocycles. The van der Waals surface area contributed by atoms with Crippen LogP contribution in [0.25, 0.3) is 0 Å². The first-order valence-corrected chi connectivity index (χ1v) is 6.92. The third-order valence-corrected chi connectivity index (χ3v) is 3.23. The second kappa shape index (κ2) is 6.54. The Balaban J connectivity index is 3.08. The van der Waals surface area contributed by atoms with E-state index in [9.17, 15) is 0 Å². The Morgan fingerprint density at radius 1 is 1.00 bits per heavy atom. The van der Waals surface area contributed by atoms with Gasteiger partial charge in [0, 0.05) is 25.7 Å². The van der Waals surface area contributed by atoms with Crippen LogP contribution in [0.1, 0.15) is 41.0 Å². The normalized spacial score (nSPS) is 11.3. The van der Waals surface area contributed by atoms with Crippen LogP contribution in [0.3, 0.4) is 0 Å². The maximum atomic E-state index is 4.51. The number of anilines is 3. The predicted octanol–water partition coefficient (Wildman–Crippen LogP) is 2.36. The van der Waals surface area contributed by atoms with Crippen molar-refractivity contribution in [1.29, 1.82) is 0 Å². The summed E-state index contributed by atoms with van der Waals surface area (Å²) < 4.78 is 0. The molecule has 0 saturated heterocycles. The van der Waals surface area contributed by atoms with Gasteiger partial charge in [-0.15, -0.1) is 0 Å². The minimum atomic E-state index is -0.0348. The maximum Gasteiger partial charge on any atom is 0.231 e. The van der Waals surface area contributed by atoms with Gasteiger partial charge in [-0.05, 0) is 34.1 Å². The van der Waals surface area contributed by atoms with Crippen LogP contribution in [0.4, 0.5) is 17.8 Å². The molecule has 0 amide bonds. The molecule has 0 radical (unpaired) electrons. The van der Waals surface area contributed by atoms with Gasteiger partial charge in [-0.3, -0.25) is 0 Å². The van der Waals surface area contributed by atoms with Crippen LogP contribution in [-0.2, 0) is 0 Å². The van der Waals surface area contributed by atoms with Gasteiger partial charge in [0.25, 0.3) is 0 Å². The van der Waals surface area contributed by atoms with Gasteiger partial charge in [-0.1, -0.05) is 6.92 Å². The molecular weight excluding hydrogens is 240 g/mol. The van der Waals surface area contributed by atoms with Gasteiger partial charge in [0.2, 0.25) is 17.8 Å². The van der Waals surface area contributed by atoms with Gasteiger partial charge < -0.3 is 15.5 Å². The summed E-state index contributed by atoms with van der Waals surface area (Å²) >= 11 is 0. The quantitative estimate of drug-likeness (QED) is 0.790. The number of rotatable bonds is 7. The van der Waals surface area contributed by atoms with Crippen LogP contribution in [0.5, 0.6) is 0 Å². The van der Waals surface area contributed by atoms with Crippen LogP contribution < -0.4 is 15.5 Å². The lowest BCUT2D eigenvalue weighted by atomic mass is 10.0. The molecule has 0 bridgehead atoms. The SMILES string of the molecule is CCN(CC)c1nc(NC)nc(NC(C)(C)CC)n1. The average Bonchev–Trinajstić information content (AvgIpc) is 2.39. The number of hydrogen-bond acceptors (Lipinski definition) is 6. The van der Waals surface area contributed by atoms with Gasteiger partial charge in [-0.2, -0.15) is 15.0 Å². The van der Waals surface area contributed by atoms with Crippen molar-refractivity contribution >= 4 is 17.8 Å². The Hall–Kier alpha value is -1.59. The molecule has 0 aliphatic carbocycles. The predicted molar refractivity (Wildman–Crippen MR) is 80.9 cm³/mol. The highest BCUT2D eigenvalue weighted by molar-refractivity contribution is 5.44. The number of hydrogen-bond donors (Lipinski definition) is 2. The highest BCUT2D eigenvalue weighted by Gasteiger charge is 2.18. The minimum Gasteiger partial charge on any atom is -0.357 e. The minimum absolute atomic E-state index is 0.0348. The van der Waals surface area contributed by atoms with Crippen molar-refractivity contribution in [2.24, 2.45) is 0 Å². The monoisotopic (exact) mass is 266 g/mol. The molecule has 0 spiro atoms. The first kappa shape index (κ1) is 15.5. The van der Waals surface area contributed by atoms with Gasteiger partial charge in [0.05, 0.1) is 0 Å². The first-order valence-electron chi connectivity index (χ1n) is 6.92. The Kier molecular flexibility index (Phi) is 5.32. The van der Waals surface area contributed by atoms with Crippen molar-refractivity contribution in [3.05, 3.63) is 0 Å². The third-order valence-electron chi connectivity index (χ3n) is 3.23. The molecule has 108 valence electrons. The standard InChI is InChI=1S/C13H26N6/c1-7-13(4,5)18-11-15-10(14-6)16-12(17-11)19(8-2)9-3/h7-9H2,1-6H3,(H2,14,15,16,17,18). The molecule has 0 saturated carbocycles.